The number of benzene rings is 1. The van der Waals surface area contributed by atoms with Crippen molar-refractivity contribution in [1.82, 2.24) is 9.71 Å². The Hall–Kier alpha value is -2.84. The Kier molecular flexibility index (Phi) is 8.05. The van der Waals surface area contributed by atoms with Gasteiger partial charge in [0.25, 0.3) is 0 Å². The molecule has 0 saturated carbocycles. The average Bonchev–Trinajstić information content (AvgIpc) is 3.50. The van der Waals surface area contributed by atoms with Gasteiger partial charge < -0.3 is 9.47 Å². The maximum atomic E-state index is 12.5. The van der Waals surface area contributed by atoms with Crippen molar-refractivity contribution in [2.75, 3.05) is 12.9 Å². The maximum absolute atomic E-state index is 12.5. The molecule has 0 spiro atoms. The summed E-state index contributed by atoms with van der Waals surface area (Å²) in [7, 11) is -2.39. The Balaban J connectivity index is 1.53. The summed E-state index contributed by atoms with van der Waals surface area (Å²) in [4.78, 5) is 17.0. The highest BCUT2D eigenvalue weighted by Gasteiger charge is 2.29. The van der Waals surface area contributed by atoms with Crippen molar-refractivity contribution in [3.05, 3.63) is 58.3 Å². The first-order valence-electron chi connectivity index (χ1n) is 11.8. The molecule has 1 heterocycles. The van der Waals surface area contributed by atoms with Gasteiger partial charge in [-0.3, -0.25) is 4.79 Å². The van der Waals surface area contributed by atoms with E-state index in [1.807, 2.05) is 44.3 Å². The maximum Gasteiger partial charge on any atom is 0.306 e. The zero-order valence-corrected chi connectivity index (χ0v) is 22.1. The fraction of sp³-hybridized carbons (Fsp3) is 0.423. The minimum atomic E-state index is -3.63. The molecular weight excluding hydrogens is 498 g/mol. The highest BCUT2D eigenvalue weighted by Crippen LogP contribution is 2.41. The van der Waals surface area contributed by atoms with Crippen LogP contribution in [0.5, 0.6) is 0 Å². The summed E-state index contributed by atoms with van der Waals surface area (Å²) in [5.74, 6) is -0.858. The number of thiazole rings is 1. The van der Waals surface area contributed by atoms with E-state index in [2.05, 4.69) is 26.6 Å². The van der Waals surface area contributed by atoms with Gasteiger partial charge in [-0.25, -0.2) is 18.1 Å². The van der Waals surface area contributed by atoms with Crippen LogP contribution in [0.15, 0.2) is 42.1 Å². The van der Waals surface area contributed by atoms with Crippen molar-refractivity contribution >= 4 is 32.9 Å². The lowest BCUT2D eigenvalue weighted by molar-refractivity contribution is -0.140. The van der Waals surface area contributed by atoms with E-state index in [4.69, 9.17) is 4.74 Å². The normalized spacial score (nSPS) is 19.4. The molecule has 2 atom stereocenters. The smallest absolute Gasteiger partial charge is 0.306 e. The minimum Gasteiger partial charge on any atom is -0.469 e. The summed E-state index contributed by atoms with van der Waals surface area (Å²) in [5.41, 5.74) is 4.59. The van der Waals surface area contributed by atoms with Crippen LogP contribution in [0.2, 0.25) is 0 Å². The number of ether oxygens (including phenoxy) is 2. The number of esters is 1. The number of carbonyl (C=O) groups is 1. The highest BCUT2D eigenvalue weighted by atomic mass is 32.2. The monoisotopic (exact) mass is 527 g/mol. The summed E-state index contributed by atoms with van der Waals surface area (Å²) in [6.07, 6.45) is 7.38. The van der Waals surface area contributed by atoms with Crippen molar-refractivity contribution in [3.8, 4) is 16.5 Å². The van der Waals surface area contributed by atoms with Gasteiger partial charge in [-0.05, 0) is 55.9 Å². The number of allylic oxidation sites excluding steroid dienone is 2. The van der Waals surface area contributed by atoms with Gasteiger partial charge in [0, 0.05) is 17.8 Å². The lowest BCUT2D eigenvalue weighted by atomic mass is 9.97. The third-order valence-electron chi connectivity index (χ3n) is 6.19. The van der Waals surface area contributed by atoms with E-state index in [0.717, 1.165) is 38.6 Å². The van der Waals surface area contributed by atoms with E-state index in [1.54, 1.807) is 11.3 Å². The van der Waals surface area contributed by atoms with Gasteiger partial charge in [0.1, 0.15) is 5.01 Å². The number of rotatable bonds is 9. The van der Waals surface area contributed by atoms with Gasteiger partial charge in [0.2, 0.25) is 10.0 Å². The number of hydrogen-bond donors (Lipinski definition) is 1. The van der Waals surface area contributed by atoms with Crippen molar-refractivity contribution in [2.24, 2.45) is 0 Å². The number of nitriles is 1. The highest BCUT2D eigenvalue weighted by molar-refractivity contribution is 7.89. The SMILES string of the molecule is COC(=O)CCS(=O)(=O)N[C@H]1CCc2c(-c3cnc(C4=CCC(OC(C)C)C(C#N)=C4)s3)cccc21. The average molecular weight is 528 g/mol. The lowest BCUT2D eigenvalue weighted by Gasteiger charge is -2.21. The predicted molar refractivity (Wildman–Crippen MR) is 138 cm³/mol. The van der Waals surface area contributed by atoms with E-state index in [9.17, 15) is 18.5 Å². The fourth-order valence-corrected chi connectivity index (χ4v) is 6.74. The molecule has 0 fully saturated rings. The topological polar surface area (TPSA) is 118 Å². The zero-order valence-electron chi connectivity index (χ0n) is 20.5. The van der Waals surface area contributed by atoms with E-state index >= 15 is 0 Å². The number of nitrogens with zero attached hydrogens (tertiary/aromatic N) is 2. The Labute approximate surface area is 215 Å². The molecule has 2 aromatic rings. The van der Waals surface area contributed by atoms with Crippen molar-refractivity contribution in [2.45, 2.75) is 57.8 Å². The molecule has 1 aromatic heterocycles. The molecule has 190 valence electrons. The molecule has 1 aromatic carbocycles. The molecule has 10 heteroatoms. The number of methoxy groups -OCH3 is 1. The second-order valence-corrected chi connectivity index (χ2v) is 11.9. The number of fused-ring (bicyclic) bond motifs is 1. The molecule has 1 unspecified atom stereocenters. The first-order chi connectivity index (χ1) is 17.2. The molecule has 0 amide bonds. The van der Waals surface area contributed by atoms with Crippen LogP contribution >= 0.6 is 11.3 Å². The second kappa shape index (κ2) is 11.0. The molecule has 0 bridgehead atoms. The third kappa shape index (κ3) is 5.93. The Morgan fingerprint density at radius 1 is 1.36 bits per heavy atom. The van der Waals surface area contributed by atoms with Gasteiger partial charge in [0.15, 0.2) is 0 Å². The van der Waals surface area contributed by atoms with Crippen LogP contribution in [0, 0.1) is 11.3 Å². The molecule has 1 N–H and O–H groups in total. The Morgan fingerprint density at radius 2 is 2.17 bits per heavy atom. The Bertz CT molecular complexity index is 1350. The van der Waals surface area contributed by atoms with Crippen LogP contribution in [0.3, 0.4) is 0 Å². The zero-order chi connectivity index (χ0) is 25.9. The summed E-state index contributed by atoms with van der Waals surface area (Å²) in [6, 6.07) is 7.83. The van der Waals surface area contributed by atoms with Crippen LogP contribution in [-0.2, 0) is 30.7 Å². The molecule has 2 aliphatic carbocycles. The van der Waals surface area contributed by atoms with Gasteiger partial charge in [-0.2, -0.15) is 5.26 Å². The quantitative estimate of drug-likeness (QED) is 0.483. The van der Waals surface area contributed by atoms with E-state index < -0.39 is 16.0 Å². The van der Waals surface area contributed by atoms with E-state index in [1.165, 1.54) is 7.11 Å². The summed E-state index contributed by atoms with van der Waals surface area (Å²) >= 11 is 1.55. The summed E-state index contributed by atoms with van der Waals surface area (Å²) in [6.45, 7) is 3.91. The van der Waals surface area contributed by atoms with E-state index in [-0.39, 0.29) is 30.4 Å². The molecule has 2 aliphatic rings. The minimum absolute atomic E-state index is 0.0366. The van der Waals surface area contributed by atoms with Crippen LogP contribution in [0.25, 0.3) is 16.0 Å². The standard InChI is InChI=1S/C26H29N3O5S2/c1-16(2)34-23-10-7-17(13-18(23)14-27)26-28-15-24(35-26)21-6-4-5-20-19(21)8-9-22(20)29-36(31,32)12-11-25(30)33-3/h4-7,13,15-16,22-23,29H,8-12H2,1-3H3/t22-,23?/m0/s1. The molecule has 0 saturated heterocycles. The number of sulfonamides is 1. The first-order valence-corrected chi connectivity index (χ1v) is 14.3. The molecule has 0 aliphatic heterocycles. The van der Waals surface area contributed by atoms with Crippen LogP contribution in [0.4, 0.5) is 0 Å². The van der Waals surface area contributed by atoms with Crippen LogP contribution in [-0.4, -0.2) is 44.4 Å². The second-order valence-electron chi connectivity index (χ2n) is 9.04. The fourth-order valence-electron chi connectivity index (χ4n) is 4.53. The van der Waals surface area contributed by atoms with Crippen LogP contribution < -0.4 is 4.72 Å². The predicted octanol–water partition coefficient (Wildman–Crippen LogP) is 4.31. The summed E-state index contributed by atoms with van der Waals surface area (Å²) < 4.78 is 38.2. The third-order valence-corrected chi connectivity index (χ3v) is 8.65. The lowest BCUT2D eigenvalue weighted by Crippen LogP contribution is -2.30. The van der Waals surface area contributed by atoms with Crippen molar-refractivity contribution < 1.29 is 22.7 Å². The molecular formula is C26H29N3O5S2. The van der Waals surface area contributed by atoms with Gasteiger partial charge in [-0.1, -0.05) is 24.3 Å². The number of hydrogen-bond acceptors (Lipinski definition) is 8. The van der Waals surface area contributed by atoms with E-state index in [0.29, 0.717) is 18.4 Å². The van der Waals surface area contributed by atoms with Crippen LogP contribution in [0.1, 0.15) is 55.3 Å². The largest absolute Gasteiger partial charge is 0.469 e. The van der Waals surface area contributed by atoms with Gasteiger partial charge in [-0.15, -0.1) is 11.3 Å². The number of aromatic nitrogens is 1. The first kappa shape index (κ1) is 26.2. The van der Waals surface area contributed by atoms with Crippen molar-refractivity contribution in [3.63, 3.8) is 0 Å². The molecule has 8 nitrogen and oxygen atoms in total. The molecule has 0 radical (unpaired) electrons. The number of carbonyl (C=O) groups excluding carboxylic acids is 1. The van der Waals surface area contributed by atoms with Gasteiger partial charge >= 0.3 is 5.97 Å². The summed E-state index contributed by atoms with van der Waals surface area (Å²) in [5, 5.41) is 10.4. The van der Waals surface area contributed by atoms with Gasteiger partial charge in [0.05, 0.1) is 48.0 Å². The number of nitrogens with one attached hydrogen (secondary N) is 1. The molecule has 4 rings (SSSR count). The Morgan fingerprint density at radius 3 is 2.89 bits per heavy atom. The molecule has 36 heavy (non-hydrogen) atoms. The van der Waals surface area contributed by atoms with Crippen molar-refractivity contribution in [1.29, 1.82) is 5.26 Å².